The average Bonchev–Trinajstić information content (AvgIpc) is 2.05. The molecule has 0 saturated carbocycles. The minimum absolute atomic E-state index is 0.0357. The molecule has 1 rings (SSSR count). The molecule has 1 N–H and O–H groups in total. The molecule has 0 amide bonds. The monoisotopic (exact) mass is 238 g/mol. The van der Waals surface area contributed by atoms with Gasteiger partial charge in [-0.2, -0.15) is 13.2 Å². The zero-order valence-electron chi connectivity index (χ0n) is 7.98. The number of hydrogen-bond acceptors (Lipinski definition) is 1. The van der Waals surface area contributed by atoms with E-state index in [0.29, 0.717) is 0 Å². The lowest BCUT2D eigenvalue weighted by Crippen LogP contribution is -2.13. The summed E-state index contributed by atoms with van der Waals surface area (Å²) in [6.07, 6.45) is -5.28. The van der Waals surface area contributed by atoms with Crippen LogP contribution in [0.2, 0.25) is 5.02 Å². The Morgan fingerprint density at radius 3 is 2.47 bits per heavy atom. The second-order valence-corrected chi connectivity index (χ2v) is 3.79. The van der Waals surface area contributed by atoms with Gasteiger partial charge in [0.15, 0.2) is 0 Å². The Morgan fingerprint density at radius 1 is 1.40 bits per heavy atom. The van der Waals surface area contributed by atoms with Gasteiger partial charge in [0.1, 0.15) is 0 Å². The number of halogens is 4. The number of rotatable bonds is 2. The van der Waals surface area contributed by atoms with Gasteiger partial charge in [-0.15, -0.1) is 0 Å². The first-order chi connectivity index (χ1) is 6.80. The van der Waals surface area contributed by atoms with Crippen molar-refractivity contribution in [3.05, 3.63) is 34.3 Å². The molecular weight excluding hydrogens is 229 g/mol. The first kappa shape index (κ1) is 12.3. The summed E-state index contributed by atoms with van der Waals surface area (Å²) in [5, 5.41) is 9.10. The third kappa shape index (κ3) is 3.39. The third-order valence-corrected chi connectivity index (χ3v) is 2.13. The van der Waals surface area contributed by atoms with E-state index in [2.05, 4.69) is 0 Å². The van der Waals surface area contributed by atoms with E-state index in [1.165, 1.54) is 19.1 Å². The normalized spacial score (nSPS) is 14.0. The van der Waals surface area contributed by atoms with Crippen LogP contribution in [-0.2, 0) is 12.6 Å². The average molecular weight is 239 g/mol. The summed E-state index contributed by atoms with van der Waals surface area (Å²) >= 11 is 5.50. The van der Waals surface area contributed by atoms with Crippen molar-refractivity contribution in [2.24, 2.45) is 0 Å². The standard InChI is InChI=1S/C10H10ClF3O/c1-6(15)4-7-2-3-8(11)5-9(7)10(12,13)14/h2-3,5-6,15H,4H2,1H3/t6-/m1/s1. The lowest BCUT2D eigenvalue weighted by Gasteiger charge is -2.14. The minimum atomic E-state index is -4.44. The summed E-state index contributed by atoms with van der Waals surface area (Å²) in [5.74, 6) is 0. The van der Waals surface area contributed by atoms with Gasteiger partial charge in [0, 0.05) is 5.02 Å². The largest absolute Gasteiger partial charge is 0.416 e. The van der Waals surface area contributed by atoms with Crippen molar-refractivity contribution in [2.75, 3.05) is 0 Å². The highest BCUT2D eigenvalue weighted by molar-refractivity contribution is 6.30. The molecule has 0 fully saturated rings. The zero-order valence-corrected chi connectivity index (χ0v) is 8.73. The molecule has 1 aromatic rings. The smallest absolute Gasteiger partial charge is 0.393 e. The predicted octanol–water partition coefficient (Wildman–Crippen LogP) is 3.28. The van der Waals surface area contributed by atoms with Crippen LogP contribution in [0.3, 0.4) is 0 Å². The van der Waals surface area contributed by atoms with Crippen LogP contribution in [0.15, 0.2) is 18.2 Å². The Morgan fingerprint density at radius 2 is 2.00 bits per heavy atom. The summed E-state index contributed by atoms with van der Waals surface area (Å²) in [7, 11) is 0. The molecule has 0 aliphatic rings. The van der Waals surface area contributed by atoms with Crippen LogP contribution in [-0.4, -0.2) is 11.2 Å². The van der Waals surface area contributed by atoms with E-state index in [1.807, 2.05) is 0 Å². The Hall–Kier alpha value is -0.740. The quantitative estimate of drug-likeness (QED) is 0.838. The van der Waals surface area contributed by atoms with Crippen LogP contribution < -0.4 is 0 Å². The van der Waals surface area contributed by atoms with Crippen LogP contribution in [0, 0.1) is 0 Å². The number of hydrogen-bond donors (Lipinski definition) is 1. The number of alkyl halides is 3. The molecule has 1 atom stereocenters. The van der Waals surface area contributed by atoms with Gasteiger partial charge in [-0.3, -0.25) is 0 Å². The second kappa shape index (κ2) is 4.41. The third-order valence-electron chi connectivity index (χ3n) is 1.89. The number of benzene rings is 1. The van der Waals surface area contributed by atoms with E-state index >= 15 is 0 Å². The topological polar surface area (TPSA) is 20.2 Å². The molecule has 0 saturated heterocycles. The van der Waals surface area contributed by atoms with Crippen LogP contribution in [0.4, 0.5) is 13.2 Å². The first-order valence-corrected chi connectivity index (χ1v) is 4.72. The highest BCUT2D eigenvalue weighted by Gasteiger charge is 2.33. The lowest BCUT2D eigenvalue weighted by atomic mass is 10.0. The SMILES string of the molecule is C[C@@H](O)Cc1ccc(Cl)cc1C(F)(F)F. The van der Waals surface area contributed by atoms with E-state index < -0.39 is 17.8 Å². The molecule has 0 radical (unpaired) electrons. The fraction of sp³-hybridized carbons (Fsp3) is 0.400. The molecule has 0 bridgehead atoms. The van der Waals surface area contributed by atoms with Crippen LogP contribution >= 0.6 is 11.6 Å². The molecule has 0 aliphatic heterocycles. The molecule has 0 aliphatic carbocycles. The molecule has 1 aromatic carbocycles. The van der Waals surface area contributed by atoms with E-state index in [1.54, 1.807) is 0 Å². The Kier molecular flexibility index (Phi) is 3.62. The fourth-order valence-corrected chi connectivity index (χ4v) is 1.48. The lowest BCUT2D eigenvalue weighted by molar-refractivity contribution is -0.138. The molecule has 0 aromatic heterocycles. The minimum Gasteiger partial charge on any atom is -0.393 e. The maximum Gasteiger partial charge on any atom is 0.416 e. The van der Waals surface area contributed by atoms with Crippen molar-refractivity contribution in [1.29, 1.82) is 0 Å². The van der Waals surface area contributed by atoms with E-state index in [9.17, 15) is 13.2 Å². The fourth-order valence-electron chi connectivity index (χ4n) is 1.31. The van der Waals surface area contributed by atoms with Crippen molar-refractivity contribution in [3.63, 3.8) is 0 Å². The van der Waals surface area contributed by atoms with Crippen LogP contribution in [0.5, 0.6) is 0 Å². The molecule has 0 unspecified atom stereocenters. The molecule has 1 nitrogen and oxygen atoms in total. The molecule has 0 heterocycles. The maximum atomic E-state index is 12.5. The van der Waals surface area contributed by atoms with Crippen LogP contribution in [0.25, 0.3) is 0 Å². The van der Waals surface area contributed by atoms with E-state index in [0.717, 1.165) is 6.07 Å². The highest BCUT2D eigenvalue weighted by Crippen LogP contribution is 2.34. The predicted molar refractivity (Wildman–Crippen MR) is 51.8 cm³/mol. The van der Waals surface area contributed by atoms with Gasteiger partial charge in [0.25, 0.3) is 0 Å². The van der Waals surface area contributed by atoms with Gasteiger partial charge >= 0.3 is 6.18 Å². The number of aliphatic hydroxyl groups excluding tert-OH is 1. The first-order valence-electron chi connectivity index (χ1n) is 4.34. The molecule has 5 heteroatoms. The summed E-state index contributed by atoms with van der Waals surface area (Å²) in [6, 6.07) is 3.55. The Bertz CT molecular complexity index is 347. The van der Waals surface area contributed by atoms with Crippen molar-refractivity contribution in [3.8, 4) is 0 Å². The Balaban J connectivity index is 3.15. The van der Waals surface area contributed by atoms with Crippen molar-refractivity contribution >= 4 is 11.6 Å². The van der Waals surface area contributed by atoms with Gasteiger partial charge in [-0.1, -0.05) is 17.7 Å². The van der Waals surface area contributed by atoms with Crippen molar-refractivity contribution < 1.29 is 18.3 Å². The summed E-state index contributed by atoms with van der Waals surface area (Å²) in [4.78, 5) is 0. The maximum absolute atomic E-state index is 12.5. The van der Waals surface area contributed by atoms with Crippen molar-refractivity contribution in [2.45, 2.75) is 25.6 Å². The zero-order chi connectivity index (χ0) is 11.6. The second-order valence-electron chi connectivity index (χ2n) is 3.35. The van der Waals surface area contributed by atoms with E-state index in [4.69, 9.17) is 16.7 Å². The summed E-state index contributed by atoms with van der Waals surface area (Å²) < 4.78 is 37.6. The number of aliphatic hydroxyl groups is 1. The van der Waals surface area contributed by atoms with Gasteiger partial charge in [-0.25, -0.2) is 0 Å². The molecule has 15 heavy (non-hydrogen) atoms. The highest BCUT2D eigenvalue weighted by atomic mass is 35.5. The van der Waals surface area contributed by atoms with Gasteiger partial charge in [-0.05, 0) is 31.0 Å². The van der Waals surface area contributed by atoms with Crippen molar-refractivity contribution in [1.82, 2.24) is 0 Å². The van der Waals surface area contributed by atoms with E-state index in [-0.39, 0.29) is 17.0 Å². The van der Waals surface area contributed by atoms with Crippen LogP contribution in [0.1, 0.15) is 18.1 Å². The molecule has 0 spiro atoms. The molecular formula is C10H10ClF3O. The van der Waals surface area contributed by atoms with Gasteiger partial charge in [0.05, 0.1) is 11.7 Å². The van der Waals surface area contributed by atoms with Gasteiger partial charge in [0.2, 0.25) is 0 Å². The summed E-state index contributed by atoms with van der Waals surface area (Å²) in [6.45, 7) is 1.44. The van der Waals surface area contributed by atoms with Gasteiger partial charge < -0.3 is 5.11 Å². The Labute approximate surface area is 90.5 Å². The summed E-state index contributed by atoms with van der Waals surface area (Å²) in [5.41, 5.74) is -0.724. The molecule has 84 valence electrons.